The first-order valence-electron chi connectivity index (χ1n) is 5.06. The molecule has 0 spiro atoms. The van der Waals surface area contributed by atoms with Crippen LogP contribution in [0.2, 0.25) is 0 Å². The van der Waals surface area contributed by atoms with Gasteiger partial charge in [-0.2, -0.15) is 0 Å². The highest BCUT2D eigenvalue weighted by Crippen LogP contribution is 2.24. The highest BCUT2D eigenvalue weighted by atomic mass is 16.2. The Balaban J connectivity index is 2.21. The zero-order valence-electron chi connectivity index (χ0n) is 8.81. The predicted molar refractivity (Wildman–Crippen MR) is 59.6 cm³/mol. The Kier molecular flexibility index (Phi) is 2.54. The first-order valence-corrected chi connectivity index (χ1v) is 5.06. The van der Waals surface area contributed by atoms with E-state index in [1.165, 1.54) is 0 Å². The van der Waals surface area contributed by atoms with E-state index in [0.717, 1.165) is 17.9 Å². The van der Waals surface area contributed by atoms with Gasteiger partial charge >= 0.3 is 0 Å². The molecule has 1 amide bonds. The molecular weight excluding hydrogens is 188 g/mol. The van der Waals surface area contributed by atoms with Gasteiger partial charge in [0.25, 0.3) is 0 Å². The van der Waals surface area contributed by atoms with Crippen molar-refractivity contribution in [2.45, 2.75) is 13.3 Å². The van der Waals surface area contributed by atoms with Crippen LogP contribution in [-0.2, 0) is 4.79 Å². The second kappa shape index (κ2) is 3.85. The van der Waals surface area contributed by atoms with Gasteiger partial charge in [0.2, 0.25) is 5.91 Å². The fourth-order valence-electron chi connectivity index (χ4n) is 1.76. The molecule has 1 aliphatic rings. The summed E-state index contributed by atoms with van der Waals surface area (Å²) in [5, 5.41) is 0. The molecule has 1 fully saturated rings. The van der Waals surface area contributed by atoms with Crippen LogP contribution in [0.4, 0.5) is 5.69 Å². The lowest BCUT2D eigenvalue weighted by Gasteiger charge is -2.15. The highest BCUT2D eigenvalue weighted by molar-refractivity contribution is 5.95. The van der Waals surface area contributed by atoms with Crippen molar-refractivity contribution >= 4 is 11.6 Å². The summed E-state index contributed by atoms with van der Waals surface area (Å²) >= 11 is 0. The molecule has 2 heterocycles. The van der Waals surface area contributed by atoms with Gasteiger partial charge in [0.15, 0.2) is 0 Å². The van der Waals surface area contributed by atoms with E-state index in [-0.39, 0.29) is 11.8 Å². The zero-order valence-corrected chi connectivity index (χ0v) is 8.81. The fourth-order valence-corrected chi connectivity index (χ4v) is 1.76. The van der Waals surface area contributed by atoms with E-state index in [2.05, 4.69) is 11.6 Å². The minimum atomic E-state index is 0.158. The number of pyridine rings is 1. The SMILES string of the molecule is C=CC1CC(=O)N(c2ccc(C)nc2)C1. The summed E-state index contributed by atoms with van der Waals surface area (Å²) in [6, 6.07) is 3.86. The Labute approximate surface area is 89.4 Å². The normalized spacial score (nSPS) is 20.7. The van der Waals surface area contributed by atoms with Crippen LogP contribution < -0.4 is 4.90 Å². The van der Waals surface area contributed by atoms with E-state index in [1.54, 1.807) is 11.1 Å². The molecule has 15 heavy (non-hydrogen) atoms. The monoisotopic (exact) mass is 202 g/mol. The van der Waals surface area contributed by atoms with Crippen LogP contribution in [0.1, 0.15) is 12.1 Å². The second-order valence-corrected chi connectivity index (χ2v) is 3.86. The lowest BCUT2D eigenvalue weighted by atomic mass is 10.1. The Bertz CT molecular complexity index is 383. The number of rotatable bonds is 2. The van der Waals surface area contributed by atoms with Crippen molar-refractivity contribution in [2.24, 2.45) is 5.92 Å². The maximum atomic E-state index is 11.7. The van der Waals surface area contributed by atoms with E-state index < -0.39 is 0 Å². The molecule has 1 aromatic rings. The summed E-state index contributed by atoms with van der Waals surface area (Å²) in [4.78, 5) is 17.6. The van der Waals surface area contributed by atoms with Crippen molar-refractivity contribution in [2.75, 3.05) is 11.4 Å². The van der Waals surface area contributed by atoms with Crippen LogP contribution in [0.3, 0.4) is 0 Å². The van der Waals surface area contributed by atoms with Crippen molar-refractivity contribution in [3.05, 3.63) is 36.7 Å². The number of nitrogens with zero attached hydrogens (tertiary/aromatic N) is 2. The largest absolute Gasteiger partial charge is 0.310 e. The molecule has 1 aromatic heterocycles. The lowest BCUT2D eigenvalue weighted by Crippen LogP contribution is -2.24. The molecule has 1 saturated heterocycles. The molecular formula is C12H14N2O. The van der Waals surface area contributed by atoms with Gasteiger partial charge < -0.3 is 4.90 Å². The molecule has 3 nitrogen and oxygen atoms in total. The first-order chi connectivity index (χ1) is 7.20. The van der Waals surface area contributed by atoms with Crippen molar-refractivity contribution in [1.29, 1.82) is 0 Å². The van der Waals surface area contributed by atoms with E-state index in [4.69, 9.17) is 0 Å². The van der Waals surface area contributed by atoms with E-state index in [9.17, 15) is 4.79 Å². The van der Waals surface area contributed by atoms with Crippen molar-refractivity contribution in [1.82, 2.24) is 4.98 Å². The van der Waals surface area contributed by atoms with Crippen molar-refractivity contribution in [3.63, 3.8) is 0 Å². The van der Waals surface area contributed by atoms with E-state index in [1.807, 2.05) is 25.1 Å². The smallest absolute Gasteiger partial charge is 0.227 e. The maximum Gasteiger partial charge on any atom is 0.227 e. The summed E-state index contributed by atoms with van der Waals surface area (Å²) in [5.74, 6) is 0.435. The summed E-state index contributed by atoms with van der Waals surface area (Å²) in [7, 11) is 0. The van der Waals surface area contributed by atoms with Crippen LogP contribution in [0.5, 0.6) is 0 Å². The van der Waals surface area contributed by atoms with Crippen molar-refractivity contribution < 1.29 is 4.79 Å². The Morgan fingerprint density at radius 3 is 2.93 bits per heavy atom. The molecule has 0 aromatic carbocycles. The summed E-state index contributed by atoms with van der Waals surface area (Å²) in [5.41, 5.74) is 1.85. The second-order valence-electron chi connectivity index (χ2n) is 3.86. The lowest BCUT2D eigenvalue weighted by molar-refractivity contribution is -0.117. The van der Waals surface area contributed by atoms with Gasteiger partial charge in [0.1, 0.15) is 0 Å². The Hall–Kier alpha value is -1.64. The minimum absolute atomic E-state index is 0.158. The summed E-state index contributed by atoms with van der Waals surface area (Å²) in [6.45, 7) is 6.39. The number of anilines is 1. The van der Waals surface area contributed by atoms with Gasteiger partial charge in [-0.15, -0.1) is 6.58 Å². The van der Waals surface area contributed by atoms with Crippen LogP contribution >= 0.6 is 0 Å². The molecule has 78 valence electrons. The molecule has 3 heteroatoms. The van der Waals surface area contributed by atoms with Gasteiger partial charge in [0.05, 0.1) is 11.9 Å². The Morgan fingerprint density at radius 2 is 2.40 bits per heavy atom. The number of carbonyl (C=O) groups excluding carboxylic acids is 1. The van der Waals surface area contributed by atoms with Crippen molar-refractivity contribution in [3.8, 4) is 0 Å². The third kappa shape index (κ3) is 1.91. The number of aryl methyl sites for hydroxylation is 1. The Morgan fingerprint density at radius 1 is 1.60 bits per heavy atom. The molecule has 0 radical (unpaired) electrons. The summed E-state index contributed by atoms with van der Waals surface area (Å²) in [6.07, 6.45) is 4.16. The third-order valence-electron chi connectivity index (χ3n) is 2.70. The van der Waals surface area contributed by atoms with Crippen LogP contribution in [0.25, 0.3) is 0 Å². The number of aromatic nitrogens is 1. The first kappa shape index (κ1) is 9.90. The van der Waals surface area contributed by atoms with Crippen LogP contribution in [0, 0.1) is 12.8 Å². The van der Waals surface area contributed by atoms with E-state index in [0.29, 0.717) is 6.42 Å². The maximum absolute atomic E-state index is 11.7. The molecule has 0 aliphatic carbocycles. The minimum Gasteiger partial charge on any atom is -0.310 e. The number of hydrogen-bond acceptors (Lipinski definition) is 2. The average molecular weight is 202 g/mol. The van der Waals surface area contributed by atoms with Gasteiger partial charge in [-0.05, 0) is 19.1 Å². The van der Waals surface area contributed by atoms with Crippen LogP contribution in [0.15, 0.2) is 31.0 Å². The predicted octanol–water partition coefficient (Wildman–Crippen LogP) is 1.93. The highest BCUT2D eigenvalue weighted by Gasteiger charge is 2.28. The molecule has 0 bridgehead atoms. The molecule has 2 rings (SSSR count). The van der Waals surface area contributed by atoms with Gasteiger partial charge in [-0.1, -0.05) is 6.08 Å². The van der Waals surface area contributed by atoms with E-state index >= 15 is 0 Å². The zero-order chi connectivity index (χ0) is 10.8. The molecule has 0 N–H and O–H groups in total. The van der Waals surface area contributed by atoms with Crippen LogP contribution in [-0.4, -0.2) is 17.4 Å². The topological polar surface area (TPSA) is 33.2 Å². The molecule has 1 unspecified atom stereocenters. The number of hydrogen-bond donors (Lipinski definition) is 0. The molecule has 1 aliphatic heterocycles. The molecule has 1 atom stereocenters. The fraction of sp³-hybridized carbons (Fsp3) is 0.333. The number of carbonyl (C=O) groups is 1. The van der Waals surface area contributed by atoms with Gasteiger partial charge in [-0.25, -0.2) is 0 Å². The molecule has 0 saturated carbocycles. The van der Waals surface area contributed by atoms with Gasteiger partial charge in [0, 0.05) is 24.6 Å². The van der Waals surface area contributed by atoms with Gasteiger partial charge in [-0.3, -0.25) is 9.78 Å². The standard InChI is InChI=1S/C12H14N2O/c1-3-10-6-12(15)14(8-10)11-5-4-9(2)13-7-11/h3-5,7,10H,1,6,8H2,2H3. The summed E-state index contributed by atoms with van der Waals surface area (Å²) < 4.78 is 0. The third-order valence-corrected chi connectivity index (χ3v) is 2.70. The average Bonchev–Trinajstić information content (AvgIpc) is 2.61. The quantitative estimate of drug-likeness (QED) is 0.686. The number of amides is 1.